The Labute approximate surface area is 274 Å². The summed E-state index contributed by atoms with van der Waals surface area (Å²) >= 11 is 0. The summed E-state index contributed by atoms with van der Waals surface area (Å²) in [7, 11) is -0.523. The fourth-order valence-electron chi connectivity index (χ4n) is 6.57. The second-order valence-corrected chi connectivity index (χ2v) is 14.3. The Balaban J connectivity index is 1.34. The van der Waals surface area contributed by atoms with Crippen LogP contribution < -0.4 is 21.2 Å². The van der Waals surface area contributed by atoms with Crippen molar-refractivity contribution in [3.8, 4) is 22.4 Å². The first-order valence-corrected chi connectivity index (χ1v) is 18.0. The van der Waals surface area contributed by atoms with Gasteiger partial charge in [0.15, 0.2) is 0 Å². The van der Waals surface area contributed by atoms with Crippen LogP contribution in [0.4, 0.5) is 11.4 Å². The molecule has 4 heteroatoms. The van der Waals surface area contributed by atoms with Crippen molar-refractivity contribution in [2.24, 2.45) is 0 Å². The quantitative estimate of drug-likeness (QED) is 0.175. The van der Waals surface area contributed by atoms with E-state index in [1.807, 2.05) is 0 Å². The minimum absolute atomic E-state index is 0.109. The minimum Gasteiger partial charge on any atom is -0.378 e. The van der Waals surface area contributed by atoms with Gasteiger partial charge in [0.05, 0.1) is 23.5 Å². The van der Waals surface area contributed by atoms with Crippen molar-refractivity contribution in [2.75, 3.05) is 16.8 Å². The molecule has 0 aliphatic carbocycles. The minimum atomic E-state index is -0.523. The molecular weight excluding hydrogens is 577 g/mol. The predicted molar refractivity (Wildman–Crippen MR) is 198 cm³/mol. The molecule has 3 nitrogen and oxygen atoms in total. The lowest BCUT2D eigenvalue weighted by Crippen LogP contribution is -2.18. The van der Waals surface area contributed by atoms with E-state index in [4.69, 9.17) is 4.98 Å². The van der Waals surface area contributed by atoms with Gasteiger partial charge < -0.3 is 10.6 Å². The van der Waals surface area contributed by atoms with E-state index in [9.17, 15) is 0 Å². The number of nitrogens with zero attached hydrogens (tertiary/aromatic N) is 1. The molecular formula is C42H40N3P. The van der Waals surface area contributed by atoms with Gasteiger partial charge in [0.25, 0.3) is 0 Å². The Morgan fingerprint density at radius 1 is 0.565 bits per heavy atom. The lowest BCUT2D eigenvalue weighted by molar-refractivity contribution is 0.661. The predicted octanol–water partition coefficient (Wildman–Crippen LogP) is 10.4. The molecule has 0 amide bonds. The van der Waals surface area contributed by atoms with Crippen LogP contribution in [0.5, 0.6) is 0 Å². The second-order valence-electron chi connectivity index (χ2n) is 12.0. The maximum Gasteiger partial charge on any atom is 0.0727 e. The number of nitrogens with one attached hydrogen (secondary N) is 2. The molecule has 2 unspecified atom stereocenters. The molecule has 2 N–H and O–H groups in total. The molecule has 0 fully saturated rings. The number of fused-ring (bicyclic) bond motifs is 8. The highest BCUT2D eigenvalue weighted by Gasteiger charge is 2.22. The van der Waals surface area contributed by atoms with Crippen molar-refractivity contribution < 1.29 is 0 Å². The molecule has 2 atom stereocenters. The fraction of sp³-hybridized carbons (Fsp3) is 0.167. The van der Waals surface area contributed by atoms with Gasteiger partial charge in [-0.25, -0.2) is 0 Å². The van der Waals surface area contributed by atoms with Crippen LogP contribution in [0.15, 0.2) is 152 Å². The first kappa shape index (κ1) is 30.0. The van der Waals surface area contributed by atoms with Gasteiger partial charge in [-0.2, -0.15) is 0 Å². The third-order valence-electron chi connectivity index (χ3n) is 8.87. The van der Waals surface area contributed by atoms with Crippen LogP contribution in [-0.4, -0.2) is 11.1 Å². The summed E-state index contributed by atoms with van der Waals surface area (Å²) in [5, 5.41) is 10.8. The van der Waals surface area contributed by atoms with E-state index in [-0.39, 0.29) is 12.1 Å². The molecule has 0 spiro atoms. The first-order valence-electron chi connectivity index (χ1n) is 16.4. The highest BCUT2D eigenvalue weighted by molar-refractivity contribution is 7.73. The number of hydrogen-bond donors (Lipinski definition) is 2. The molecule has 0 saturated heterocycles. The maximum absolute atomic E-state index is 5.28. The number of pyridine rings is 1. The van der Waals surface area contributed by atoms with Crippen molar-refractivity contribution in [1.82, 2.24) is 4.98 Å². The maximum atomic E-state index is 5.28. The average Bonchev–Trinajstić information content (AvgIpc) is 3.12. The number of hydrogen-bond acceptors (Lipinski definition) is 3. The summed E-state index contributed by atoms with van der Waals surface area (Å²) in [6, 6.07) is 55.3. The zero-order valence-corrected chi connectivity index (χ0v) is 27.2. The lowest BCUT2D eigenvalue weighted by atomic mass is 9.95. The molecule has 46 heavy (non-hydrogen) atoms. The molecule has 4 bridgehead atoms. The van der Waals surface area contributed by atoms with E-state index in [1.165, 1.54) is 27.3 Å². The van der Waals surface area contributed by atoms with Gasteiger partial charge in [0, 0.05) is 22.5 Å². The molecule has 1 aliphatic heterocycles. The number of benzene rings is 5. The van der Waals surface area contributed by atoms with Gasteiger partial charge in [0.2, 0.25) is 0 Å². The number of rotatable bonds is 7. The Kier molecular flexibility index (Phi) is 9.21. The van der Waals surface area contributed by atoms with Gasteiger partial charge in [-0.05, 0) is 79.0 Å². The van der Waals surface area contributed by atoms with Crippen molar-refractivity contribution in [3.05, 3.63) is 163 Å². The van der Waals surface area contributed by atoms with Crippen molar-refractivity contribution in [1.29, 1.82) is 0 Å². The standard InChI is InChI=1S/C42H40N3P/c1-2-15-41-42-27-14-26-40(45-42)36-23-10-12-25-39(36)43-37(32-17-13-16-31(30-32)35-22-9-11-24-38(35)44-41)28-29-46(33-18-5-3-6-19-33)34-20-7-4-8-21-34/h3-14,16-27,30,37,41,43-44H,2,15,28-29H2,1H3. The van der Waals surface area contributed by atoms with Crippen molar-refractivity contribution >= 4 is 29.9 Å². The van der Waals surface area contributed by atoms with Crippen molar-refractivity contribution in [3.63, 3.8) is 0 Å². The lowest BCUT2D eigenvalue weighted by Gasteiger charge is -2.27. The third kappa shape index (κ3) is 6.62. The van der Waals surface area contributed by atoms with E-state index >= 15 is 0 Å². The van der Waals surface area contributed by atoms with Gasteiger partial charge >= 0.3 is 0 Å². The summed E-state index contributed by atoms with van der Waals surface area (Å²) in [5.41, 5.74) is 9.19. The number of para-hydroxylation sites is 2. The molecule has 6 aromatic rings. The first-order chi connectivity index (χ1) is 22.8. The summed E-state index contributed by atoms with van der Waals surface area (Å²) < 4.78 is 0. The summed E-state index contributed by atoms with van der Waals surface area (Å²) in [6.45, 7) is 2.24. The van der Waals surface area contributed by atoms with Gasteiger partial charge in [-0.15, -0.1) is 0 Å². The molecule has 0 radical (unpaired) electrons. The molecule has 2 heterocycles. The molecule has 1 aliphatic rings. The zero-order chi connectivity index (χ0) is 31.1. The average molecular weight is 618 g/mol. The molecule has 5 aromatic carbocycles. The number of aromatic nitrogens is 1. The van der Waals surface area contributed by atoms with Crippen molar-refractivity contribution in [2.45, 2.75) is 38.3 Å². The van der Waals surface area contributed by atoms with E-state index in [1.54, 1.807) is 0 Å². The van der Waals surface area contributed by atoms with Gasteiger partial charge in [0.1, 0.15) is 0 Å². The normalized spacial score (nSPS) is 15.5. The molecule has 228 valence electrons. The van der Waals surface area contributed by atoms with Crippen LogP contribution in [0.1, 0.15) is 49.5 Å². The third-order valence-corrected chi connectivity index (χ3v) is 11.4. The van der Waals surface area contributed by atoms with Crippen LogP contribution in [0.3, 0.4) is 0 Å². The van der Waals surface area contributed by atoms with E-state index in [0.29, 0.717) is 0 Å². The monoisotopic (exact) mass is 617 g/mol. The summed E-state index contributed by atoms with van der Waals surface area (Å²) in [5.74, 6) is 0. The Morgan fingerprint density at radius 2 is 1.17 bits per heavy atom. The largest absolute Gasteiger partial charge is 0.378 e. The van der Waals surface area contributed by atoms with Crippen LogP contribution >= 0.6 is 7.92 Å². The van der Waals surface area contributed by atoms with Crippen LogP contribution in [0.2, 0.25) is 0 Å². The Hall–Kier alpha value is -4.72. The van der Waals surface area contributed by atoms with Crippen LogP contribution in [0.25, 0.3) is 22.4 Å². The van der Waals surface area contributed by atoms with Crippen LogP contribution in [-0.2, 0) is 0 Å². The number of anilines is 2. The van der Waals surface area contributed by atoms with Crippen LogP contribution in [0, 0.1) is 0 Å². The van der Waals surface area contributed by atoms with Gasteiger partial charge in [-0.3, -0.25) is 4.98 Å². The Bertz CT molecular complexity index is 1850. The topological polar surface area (TPSA) is 37.0 Å². The molecule has 1 aromatic heterocycles. The van der Waals surface area contributed by atoms with Gasteiger partial charge in [-0.1, -0.05) is 135 Å². The highest BCUT2D eigenvalue weighted by Crippen LogP contribution is 2.40. The van der Waals surface area contributed by atoms with E-state index in [0.717, 1.165) is 53.8 Å². The zero-order valence-electron chi connectivity index (χ0n) is 26.3. The van der Waals surface area contributed by atoms with E-state index in [2.05, 4.69) is 169 Å². The highest BCUT2D eigenvalue weighted by atomic mass is 31.1. The molecule has 0 saturated carbocycles. The summed E-state index contributed by atoms with van der Waals surface area (Å²) in [4.78, 5) is 5.28. The second kappa shape index (κ2) is 14.1. The van der Waals surface area contributed by atoms with E-state index < -0.39 is 7.92 Å². The SMILES string of the molecule is CCCC1Nc2ccccc2-c2cccc(c2)C(CCP(c2ccccc2)c2ccccc2)Nc2ccccc2-c2cccc1n2. The molecule has 7 rings (SSSR count). The fourth-order valence-corrected chi connectivity index (χ4v) is 8.97. The summed E-state index contributed by atoms with van der Waals surface area (Å²) in [6.07, 6.45) is 4.12. The Morgan fingerprint density at radius 3 is 1.89 bits per heavy atom. The smallest absolute Gasteiger partial charge is 0.0727 e.